The predicted octanol–water partition coefficient (Wildman–Crippen LogP) is 2.22. The van der Waals surface area contributed by atoms with Gasteiger partial charge in [0.05, 0.1) is 9.79 Å². The van der Waals surface area contributed by atoms with Crippen LogP contribution >= 0.6 is 0 Å². The van der Waals surface area contributed by atoms with Gasteiger partial charge in [0.25, 0.3) is 0 Å². The molecule has 0 N–H and O–H groups in total. The molecule has 148 valence electrons. The first-order valence-corrected chi connectivity index (χ1v) is 12.4. The maximum absolute atomic E-state index is 13.2. The van der Waals surface area contributed by atoms with Crippen molar-refractivity contribution >= 4 is 19.9 Å². The average molecular weight is 403 g/mol. The molecular weight excluding hydrogens is 372 g/mol. The van der Waals surface area contributed by atoms with Crippen LogP contribution in [0.1, 0.15) is 32.1 Å². The minimum Gasteiger partial charge on any atom is -0.308 e. The van der Waals surface area contributed by atoms with Gasteiger partial charge in [0.2, 0.25) is 10.0 Å². The molecule has 2 rings (SSSR count). The summed E-state index contributed by atoms with van der Waals surface area (Å²) >= 11 is 0. The lowest BCUT2D eigenvalue weighted by Gasteiger charge is -2.30. The molecule has 1 aromatic carbocycles. The summed E-state index contributed by atoms with van der Waals surface area (Å²) in [7, 11) is -3.37. The molecule has 1 fully saturated rings. The Labute approximate surface area is 158 Å². The normalized spacial score (nSPS) is 17.1. The van der Waals surface area contributed by atoms with Gasteiger partial charge in [0.15, 0.2) is 9.84 Å². The zero-order valence-corrected chi connectivity index (χ0v) is 17.5. The second-order valence-electron chi connectivity index (χ2n) is 7.42. The highest BCUT2D eigenvalue weighted by atomic mass is 32.2. The van der Waals surface area contributed by atoms with Gasteiger partial charge in [0.1, 0.15) is 0 Å². The van der Waals surface area contributed by atoms with E-state index in [0.717, 1.165) is 31.9 Å². The molecule has 0 spiro atoms. The standard InChI is InChI=1S/C18H30N2O4S2/c1-19(2)12-13-20(15-16-8-5-4-6-9-16)26(23,24)18-11-7-10-17(14-18)25(3,21)22/h7,10-11,14,16H,4-6,8-9,12-13,15H2,1-3H3. The molecule has 26 heavy (non-hydrogen) atoms. The van der Waals surface area contributed by atoms with E-state index in [2.05, 4.69) is 0 Å². The van der Waals surface area contributed by atoms with Gasteiger partial charge in [-0.2, -0.15) is 4.31 Å². The number of hydrogen-bond acceptors (Lipinski definition) is 5. The van der Waals surface area contributed by atoms with E-state index in [1.165, 1.54) is 35.0 Å². The largest absolute Gasteiger partial charge is 0.308 e. The summed E-state index contributed by atoms with van der Waals surface area (Å²) in [5.41, 5.74) is 0. The first-order chi connectivity index (χ1) is 12.1. The van der Waals surface area contributed by atoms with Crippen molar-refractivity contribution in [1.82, 2.24) is 9.21 Å². The SMILES string of the molecule is CN(C)CCN(CC1CCCCC1)S(=O)(=O)c1cccc(S(C)(=O)=O)c1. The zero-order chi connectivity index (χ0) is 19.4. The average Bonchev–Trinajstić information content (AvgIpc) is 2.58. The quantitative estimate of drug-likeness (QED) is 0.666. The highest BCUT2D eigenvalue weighted by Crippen LogP contribution is 2.27. The number of rotatable bonds is 8. The van der Waals surface area contributed by atoms with Crippen LogP contribution in [0.4, 0.5) is 0 Å². The molecular formula is C18H30N2O4S2. The zero-order valence-electron chi connectivity index (χ0n) is 15.9. The van der Waals surface area contributed by atoms with Crippen molar-refractivity contribution in [1.29, 1.82) is 0 Å². The van der Waals surface area contributed by atoms with E-state index in [0.29, 0.717) is 25.6 Å². The van der Waals surface area contributed by atoms with Crippen molar-refractivity contribution in [3.8, 4) is 0 Å². The predicted molar refractivity (Wildman–Crippen MR) is 103 cm³/mol. The van der Waals surface area contributed by atoms with Crippen molar-refractivity contribution in [2.75, 3.05) is 40.0 Å². The number of likely N-dealkylation sites (N-methyl/N-ethyl adjacent to an activating group) is 1. The maximum atomic E-state index is 13.2. The van der Waals surface area contributed by atoms with E-state index in [-0.39, 0.29) is 9.79 Å². The van der Waals surface area contributed by atoms with Crippen molar-refractivity contribution in [3.63, 3.8) is 0 Å². The van der Waals surface area contributed by atoms with Crippen LogP contribution < -0.4 is 0 Å². The number of sulfone groups is 1. The fraction of sp³-hybridized carbons (Fsp3) is 0.667. The summed E-state index contributed by atoms with van der Waals surface area (Å²) in [4.78, 5) is 2.04. The number of hydrogen-bond donors (Lipinski definition) is 0. The van der Waals surface area contributed by atoms with Crippen LogP contribution in [0.5, 0.6) is 0 Å². The van der Waals surface area contributed by atoms with Gasteiger partial charge < -0.3 is 4.90 Å². The highest BCUT2D eigenvalue weighted by molar-refractivity contribution is 7.91. The van der Waals surface area contributed by atoms with E-state index >= 15 is 0 Å². The van der Waals surface area contributed by atoms with E-state index in [1.807, 2.05) is 19.0 Å². The molecule has 0 radical (unpaired) electrons. The van der Waals surface area contributed by atoms with Crippen LogP contribution in [0.15, 0.2) is 34.1 Å². The molecule has 1 saturated carbocycles. The third kappa shape index (κ3) is 5.77. The lowest BCUT2D eigenvalue weighted by Crippen LogP contribution is -2.40. The summed E-state index contributed by atoms with van der Waals surface area (Å²) in [5, 5.41) is 0. The molecule has 0 atom stereocenters. The molecule has 0 aromatic heterocycles. The third-order valence-corrected chi connectivity index (χ3v) is 7.83. The second-order valence-corrected chi connectivity index (χ2v) is 11.4. The molecule has 1 aromatic rings. The van der Waals surface area contributed by atoms with E-state index in [1.54, 1.807) is 0 Å². The first kappa shape index (κ1) is 21.3. The molecule has 0 bridgehead atoms. The second kappa shape index (κ2) is 8.82. The first-order valence-electron chi connectivity index (χ1n) is 9.05. The summed E-state index contributed by atoms with van der Waals surface area (Å²) in [6.07, 6.45) is 6.71. The summed E-state index contributed by atoms with van der Waals surface area (Å²) in [5.74, 6) is 0.374. The molecule has 1 aliphatic rings. The molecule has 0 unspecified atom stereocenters. The Kier molecular flexibility index (Phi) is 7.24. The Hall–Kier alpha value is -0.960. The van der Waals surface area contributed by atoms with Crippen LogP contribution in [0.25, 0.3) is 0 Å². The van der Waals surface area contributed by atoms with Gasteiger partial charge >= 0.3 is 0 Å². The Morgan fingerprint density at radius 1 is 0.962 bits per heavy atom. The van der Waals surface area contributed by atoms with Gasteiger partial charge in [0, 0.05) is 25.9 Å². The lowest BCUT2D eigenvalue weighted by atomic mass is 9.89. The topological polar surface area (TPSA) is 74.8 Å². The van der Waals surface area contributed by atoms with Crippen LogP contribution in [-0.2, 0) is 19.9 Å². The third-order valence-electron chi connectivity index (χ3n) is 4.85. The lowest BCUT2D eigenvalue weighted by molar-refractivity contribution is 0.261. The summed E-state index contributed by atoms with van der Waals surface area (Å²) in [6.45, 7) is 1.52. The molecule has 8 heteroatoms. The number of nitrogens with zero attached hydrogens (tertiary/aromatic N) is 2. The highest BCUT2D eigenvalue weighted by Gasteiger charge is 2.28. The van der Waals surface area contributed by atoms with Crippen LogP contribution in [0.3, 0.4) is 0 Å². The van der Waals surface area contributed by atoms with E-state index in [9.17, 15) is 16.8 Å². The molecule has 0 saturated heterocycles. The van der Waals surface area contributed by atoms with Gasteiger partial charge in [-0.1, -0.05) is 25.3 Å². The minimum atomic E-state index is -3.74. The Bertz CT molecular complexity index is 798. The summed E-state index contributed by atoms with van der Waals surface area (Å²) < 4.78 is 51.6. The Balaban J connectivity index is 2.31. The monoisotopic (exact) mass is 402 g/mol. The van der Waals surface area contributed by atoms with Crippen LogP contribution in [0, 0.1) is 5.92 Å². The Morgan fingerprint density at radius 3 is 2.15 bits per heavy atom. The van der Waals surface area contributed by atoms with E-state index in [4.69, 9.17) is 0 Å². The fourth-order valence-electron chi connectivity index (χ4n) is 3.29. The Morgan fingerprint density at radius 2 is 1.58 bits per heavy atom. The van der Waals surface area contributed by atoms with Crippen molar-refractivity contribution < 1.29 is 16.8 Å². The molecule has 0 amide bonds. The fourth-order valence-corrected chi connectivity index (χ4v) is 5.59. The van der Waals surface area contributed by atoms with Gasteiger partial charge in [-0.05, 0) is 51.1 Å². The van der Waals surface area contributed by atoms with Crippen molar-refractivity contribution in [2.24, 2.45) is 5.92 Å². The van der Waals surface area contributed by atoms with Crippen LogP contribution in [-0.4, -0.2) is 66.0 Å². The summed E-state index contributed by atoms with van der Waals surface area (Å²) in [6, 6.07) is 5.68. The van der Waals surface area contributed by atoms with E-state index < -0.39 is 19.9 Å². The molecule has 6 nitrogen and oxygen atoms in total. The van der Waals surface area contributed by atoms with Crippen molar-refractivity contribution in [3.05, 3.63) is 24.3 Å². The molecule has 0 heterocycles. The minimum absolute atomic E-state index is 0.0313. The van der Waals surface area contributed by atoms with Crippen molar-refractivity contribution in [2.45, 2.75) is 41.9 Å². The maximum Gasteiger partial charge on any atom is 0.243 e. The van der Waals surface area contributed by atoms with Gasteiger partial charge in [-0.25, -0.2) is 16.8 Å². The smallest absolute Gasteiger partial charge is 0.243 e. The number of sulfonamides is 1. The molecule has 1 aliphatic carbocycles. The van der Waals surface area contributed by atoms with Crippen LogP contribution in [0.2, 0.25) is 0 Å². The molecule has 0 aliphatic heterocycles. The number of benzene rings is 1. The van der Waals surface area contributed by atoms with Gasteiger partial charge in [-0.3, -0.25) is 0 Å². The van der Waals surface area contributed by atoms with Gasteiger partial charge in [-0.15, -0.1) is 0 Å².